The van der Waals surface area contributed by atoms with E-state index in [-0.39, 0.29) is 12.6 Å². The zero-order valence-corrected chi connectivity index (χ0v) is 9.71. The molecule has 1 unspecified atom stereocenters. The Kier molecular flexibility index (Phi) is 7.68. The number of rotatable bonds is 6. The van der Waals surface area contributed by atoms with Gasteiger partial charge in [-0.25, -0.2) is 4.79 Å². The van der Waals surface area contributed by atoms with Gasteiger partial charge in [-0.3, -0.25) is 4.79 Å². The number of carbonyl (C=O) groups is 2. The second-order valence-corrected chi connectivity index (χ2v) is 3.14. The number of hydrogen-bond donors (Lipinski definition) is 2. The van der Waals surface area contributed by atoms with Gasteiger partial charge in [0.15, 0.2) is 0 Å². The van der Waals surface area contributed by atoms with E-state index in [1.54, 1.807) is 6.92 Å². The summed E-state index contributed by atoms with van der Waals surface area (Å²) >= 11 is 0. The van der Waals surface area contributed by atoms with Crippen LogP contribution in [0.25, 0.3) is 0 Å². The minimum Gasteiger partial charge on any atom is -0.465 e. The van der Waals surface area contributed by atoms with Crippen LogP contribution in [-0.2, 0) is 9.53 Å². The zero-order valence-electron chi connectivity index (χ0n) is 9.71. The number of esters is 1. The summed E-state index contributed by atoms with van der Waals surface area (Å²) in [5, 5.41) is 4.94. The van der Waals surface area contributed by atoms with Gasteiger partial charge in [-0.2, -0.15) is 0 Å². The summed E-state index contributed by atoms with van der Waals surface area (Å²) < 4.78 is 4.65. The molecule has 0 rings (SSSR count). The lowest BCUT2D eigenvalue weighted by molar-refractivity contribution is -0.141. The quantitative estimate of drug-likeness (QED) is 0.516. The molecule has 0 saturated carbocycles. The van der Waals surface area contributed by atoms with Gasteiger partial charge in [0.2, 0.25) is 0 Å². The van der Waals surface area contributed by atoms with Crippen molar-refractivity contribution in [1.29, 1.82) is 0 Å². The third-order valence-corrected chi connectivity index (χ3v) is 1.78. The molecule has 0 fully saturated rings. The number of carbonyl (C=O) groups excluding carboxylic acids is 2. The Morgan fingerprint density at radius 2 is 2.12 bits per heavy atom. The van der Waals surface area contributed by atoms with E-state index >= 15 is 0 Å². The Bertz CT molecular complexity index is 271. The first-order chi connectivity index (χ1) is 7.63. The molecule has 0 aliphatic carbocycles. The Morgan fingerprint density at radius 3 is 2.62 bits per heavy atom. The van der Waals surface area contributed by atoms with Crippen molar-refractivity contribution in [3.63, 3.8) is 0 Å². The van der Waals surface area contributed by atoms with Gasteiger partial charge in [0, 0.05) is 0 Å². The van der Waals surface area contributed by atoms with Gasteiger partial charge in [-0.1, -0.05) is 19.3 Å². The van der Waals surface area contributed by atoms with Crippen LogP contribution in [0.3, 0.4) is 0 Å². The van der Waals surface area contributed by atoms with Gasteiger partial charge in [-0.05, 0) is 13.3 Å². The number of ether oxygens (including phenoxy) is 1. The number of nitrogens with one attached hydrogen (secondary N) is 2. The third-order valence-electron chi connectivity index (χ3n) is 1.78. The van der Waals surface area contributed by atoms with Crippen LogP contribution in [0.2, 0.25) is 0 Å². The molecular weight excluding hydrogens is 208 g/mol. The molecule has 0 aliphatic rings. The first kappa shape index (κ1) is 14.3. The Labute approximate surface area is 95.9 Å². The molecule has 2 amide bonds. The molecule has 0 spiro atoms. The monoisotopic (exact) mass is 226 g/mol. The largest absolute Gasteiger partial charge is 0.465 e. The number of hydrogen-bond acceptors (Lipinski definition) is 3. The van der Waals surface area contributed by atoms with Crippen molar-refractivity contribution in [2.45, 2.75) is 32.7 Å². The maximum atomic E-state index is 11.3. The van der Waals surface area contributed by atoms with Crippen molar-refractivity contribution in [2.24, 2.45) is 0 Å². The van der Waals surface area contributed by atoms with Crippen molar-refractivity contribution < 1.29 is 14.3 Å². The molecule has 5 heteroatoms. The standard InChI is InChI=1S/C11H18N2O3/c1-4-7-9(5-2)13-11(15)12-8-10(14)16-6-3/h2,9H,4,6-8H2,1,3H3,(H2,12,13,15). The van der Waals surface area contributed by atoms with Gasteiger partial charge >= 0.3 is 12.0 Å². The summed E-state index contributed by atoms with van der Waals surface area (Å²) in [6.45, 7) is 3.82. The summed E-state index contributed by atoms with van der Waals surface area (Å²) in [4.78, 5) is 22.2. The fourth-order valence-corrected chi connectivity index (χ4v) is 1.06. The van der Waals surface area contributed by atoms with Crippen LogP contribution >= 0.6 is 0 Å². The molecule has 1 atom stereocenters. The first-order valence-corrected chi connectivity index (χ1v) is 5.30. The molecule has 0 radical (unpaired) electrons. The van der Waals surface area contributed by atoms with E-state index in [0.29, 0.717) is 13.0 Å². The highest BCUT2D eigenvalue weighted by Crippen LogP contribution is 1.93. The van der Waals surface area contributed by atoms with E-state index in [4.69, 9.17) is 6.42 Å². The molecular formula is C11H18N2O3. The summed E-state index contributed by atoms with van der Waals surface area (Å²) in [5.41, 5.74) is 0. The Morgan fingerprint density at radius 1 is 1.44 bits per heavy atom. The molecule has 5 nitrogen and oxygen atoms in total. The minimum absolute atomic E-state index is 0.150. The smallest absolute Gasteiger partial charge is 0.325 e. The fourth-order valence-electron chi connectivity index (χ4n) is 1.06. The maximum Gasteiger partial charge on any atom is 0.325 e. The van der Waals surface area contributed by atoms with Crippen LogP contribution in [0.1, 0.15) is 26.7 Å². The second-order valence-electron chi connectivity index (χ2n) is 3.14. The van der Waals surface area contributed by atoms with E-state index in [1.807, 2.05) is 6.92 Å². The Hall–Kier alpha value is -1.70. The third kappa shape index (κ3) is 6.71. The van der Waals surface area contributed by atoms with E-state index < -0.39 is 12.0 Å². The van der Waals surface area contributed by atoms with Gasteiger partial charge < -0.3 is 15.4 Å². The van der Waals surface area contributed by atoms with Crippen LogP contribution in [0, 0.1) is 12.3 Å². The van der Waals surface area contributed by atoms with Gasteiger partial charge in [0.05, 0.1) is 12.6 Å². The second kappa shape index (κ2) is 8.60. The highest BCUT2D eigenvalue weighted by Gasteiger charge is 2.09. The molecule has 0 heterocycles. The molecule has 0 aromatic carbocycles. The van der Waals surface area contributed by atoms with E-state index in [2.05, 4.69) is 21.3 Å². The highest BCUT2D eigenvalue weighted by molar-refractivity contribution is 5.81. The van der Waals surface area contributed by atoms with Crippen molar-refractivity contribution in [2.75, 3.05) is 13.2 Å². The Balaban J connectivity index is 3.81. The average molecular weight is 226 g/mol. The lowest BCUT2D eigenvalue weighted by Gasteiger charge is -2.12. The van der Waals surface area contributed by atoms with Crippen molar-refractivity contribution in [1.82, 2.24) is 10.6 Å². The summed E-state index contributed by atoms with van der Waals surface area (Å²) in [6.07, 6.45) is 6.82. The van der Waals surface area contributed by atoms with Crippen LogP contribution in [0.5, 0.6) is 0 Å². The van der Waals surface area contributed by atoms with E-state index in [0.717, 1.165) is 6.42 Å². The summed E-state index contributed by atoms with van der Waals surface area (Å²) in [6, 6.07) is -0.753. The predicted molar refractivity (Wildman–Crippen MR) is 60.7 cm³/mol. The molecule has 0 saturated heterocycles. The lowest BCUT2D eigenvalue weighted by Crippen LogP contribution is -2.43. The fraction of sp³-hybridized carbons (Fsp3) is 0.636. The molecule has 0 aliphatic heterocycles. The van der Waals surface area contributed by atoms with Crippen LogP contribution in [-0.4, -0.2) is 31.2 Å². The molecule has 0 aromatic rings. The van der Waals surface area contributed by atoms with Gasteiger partial charge in [0.1, 0.15) is 6.54 Å². The highest BCUT2D eigenvalue weighted by atomic mass is 16.5. The number of amides is 2. The van der Waals surface area contributed by atoms with E-state index in [1.165, 1.54) is 0 Å². The molecule has 0 aromatic heterocycles. The van der Waals surface area contributed by atoms with Crippen LogP contribution < -0.4 is 10.6 Å². The van der Waals surface area contributed by atoms with Gasteiger partial charge in [0.25, 0.3) is 0 Å². The maximum absolute atomic E-state index is 11.3. The predicted octanol–water partition coefficient (Wildman–Crippen LogP) is 0.651. The molecule has 90 valence electrons. The lowest BCUT2D eigenvalue weighted by atomic mass is 10.2. The summed E-state index contributed by atoms with van der Waals surface area (Å²) in [5.74, 6) is 1.99. The first-order valence-electron chi connectivity index (χ1n) is 5.30. The minimum atomic E-state index is -0.467. The van der Waals surface area contributed by atoms with Crippen LogP contribution in [0.4, 0.5) is 4.79 Å². The molecule has 16 heavy (non-hydrogen) atoms. The number of urea groups is 1. The molecule has 0 bridgehead atoms. The molecule has 2 N–H and O–H groups in total. The summed E-state index contributed by atoms with van der Waals surface area (Å²) in [7, 11) is 0. The number of terminal acetylenes is 1. The van der Waals surface area contributed by atoms with Crippen molar-refractivity contribution in [3.8, 4) is 12.3 Å². The average Bonchev–Trinajstić information content (AvgIpc) is 2.26. The normalized spacial score (nSPS) is 11.1. The topological polar surface area (TPSA) is 67.4 Å². The van der Waals surface area contributed by atoms with E-state index in [9.17, 15) is 9.59 Å². The van der Waals surface area contributed by atoms with Crippen molar-refractivity contribution in [3.05, 3.63) is 0 Å². The van der Waals surface area contributed by atoms with Crippen molar-refractivity contribution >= 4 is 12.0 Å². The van der Waals surface area contributed by atoms with Gasteiger partial charge in [-0.15, -0.1) is 6.42 Å². The SMILES string of the molecule is C#CC(CCC)NC(=O)NCC(=O)OCC. The van der Waals surface area contributed by atoms with Crippen LogP contribution in [0.15, 0.2) is 0 Å². The zero-order chi connectivity index (χ0) is 12.4.